The molecule has 2 aromatic heterocycles. The predicted octanol–water partition coefficient (Wildman–Crippen LogP) is 5.49. The highest BCUT2D eigenvalue weighted by Crippen LogP contribution is 2.38. The molecule has 6 unspecified atom stereocenters. The minimum absolute atomic E-state index is 0.0325. The number of aromatic amines is 2. The molecular weight excluding hydrogens is 592 g/mol. The number of hydrogen-bond donors (Lipinski definition) is 4. The zero-order chi connectivity index (χ0) is 32.5. The molecule has 3 aliphatic rings. The average molecular weight is 639 g/mol. The Morgan fingerprint density at radius 2 is 1.32 bits per heavy atom. The van der Waals surface area contributed by atoms with Crippen LogP contribution in [0, 0.1) is 5.92 Å². The van der Waals surface area contributed by atoms with Gasteiger partial charge in [0.25, 0.3) is 0 Å². The molecule has 5 heterocycles. The van der Waals surface area contributed by atoms with Gasteiger partial charge < -0.3 is 29.8 Å². The highest BCUT2D eigenvalue weighted by Gasteiger charge is 2.40. The van der Waals surface area contributed by atoms with Crippen molar-refractivity contribution in [2.75, 3.05) is 26.9 Å². The van der Waals surface area contributed by atoms with Gasteiger partial charge >= 0.3 is 0 Å². The molecule has 6 atom stereocenters. The number of amides is 1. The minimum atomic E-state index is -0.173. The SMILES string of the molecule is CC1CC(CC(=O)N2C(CO)CCC2c2ncc(-c3ccc(-c4ccc(-c5cnc(C6CCC(CO)N6C)[nH]5)cc4)cc3)[nH]2)CCO1. The van der Waals surface area contributed by atoms with Gasteiger partial charge in [-0.2, -0.15) is 0 Å². The van der Waals surface area contributed by atoms with E-state index in [0.29, 0.717) is 18.9 Å². The number of aromatic nitrogens is 4. The first-order valence-electron chi connectivity index (χ1n) is 17.1. The van der Waals surface area contributed by atoms with Crippen molar-refractivity contribution < 1.29 is 19.7 Å². The summed E-state index contributed by atoms with van der Waals surface area (Å²) in [7, 11) is 2.06. The van der Waals surface area contributed by atoms with E-state index in [0.717, 1.165) is 83.8 Å². The van der Waals surface area contributed by atoms with Crippen molar-refractivity contribution in [2.45, 2.75) is 82.1 Å². The maximum absolute atomic E-state index is 13.5. The highest BCUT2D eigenvalue weighted by molar-refractivity contribution is 5.78. The fourth-order valence-electron chi connectivity index (χ4n) is 7.89. The molecular formula is C37H46N6O4. The molecule has 3 fully saturated rings. The zero-order valence-electron chi connectivity index (χ0n) is 27.3. The van der Waals surface area contributed by atoms with Gasteiger partial charge in [0.2, 0.25) is 5.91 Å². The number of aliphatic hydroxyl groups is 2. The Labute approximate surface area is 276 Å². The summed E-state index contributed by atoms with van der Waals surface area (Å²) in [5.41, 5.74) is 6.26. The molecule has 4 N–H and O–H groups in total. The number of likely N-dealkylation sites (tertiary alicyclic amines) is 2. The molecule has 0 saturated carbocycles. The number of likely N-dealkylation sites (N-methyl/N-ethyl adjacent to an activating group) is 1. The fourth-order valence-corrected chi connectivity index (χ4v) is 7.89. The van der Waals surface area contributed by atoms with E-state index in [1.165, 1.54) is 0 Å². The van der Waals surface area contributed by atoms with Crippen molar-refractivity contribution in [3.63, 3.8) is 0 Å². The smallest absolute Gasteiger partial charge is 0.223 e. The number of H-pyrrole nitrogens is 2. The van der Waals surface area contributed by atoms with Crippen molar-refractivity contribution in [2.24, 2.45) is 5.92 Å². The van der Waals surface area contributed by atoms with Gasteiger partial charge in [0.1, 0.15) is 11.6 Å². The topological polar surface area (TPSA) is 131 Å². The van der Waals surface area contributed by atoms with E-state index in [1.54, 1.807) is 0 Å². The number of carbonyl (C=O) groups excluding carboxylic acids is 1. The number of nitrogens with zero attached hydrogens (tertiary/aromatic N) is 4. The lowest BCUT2D eigenvalue weighted by Gasteiger charge is -2.32. The molecule has 2 aromatic carbocycles. The van der Waals surface area contributed by atoms with E-state index in [2.05, 4.69) is 82.4 Å². The van der Waals surface area contributed by atoms with Crippen LogP contribution >= 0.6 is 0 Å². The standard InChI is InChI=1S/C37H46N6O4/c1-23-17-24(15-16-47-23)18-35(46)43-30(22-45)12-14-34(43)37-39-20-32(41-37)28-9-5-26(6-10-28)25-3-7-27(8-4-25)31-19-38-36(40-31)33-13-11-29(21-44)42(33)2/h3-10,19-20,23-24,29-30,33-34,44-45H,11-18,21-22H2,1-2H3,(H,38,40)(H,39,41). The number of imidazole rings is 2. The molecule has 10 heteroatoms. The van der Waals surface area contributed by atoms with E-state index >= 15 is 0 Å². The lowest BCUT2D eigenvalue weighted by atomic mass is 9.92. The molecule has 47 heavy (non-hydrogen) atoms. The minimum Gasteiger partial charge on any atom is -0.395 e. The van der Waals surface area contributed by atoms with E-state index in [9.17, 15) is 15.0 Å². The summed E-state index contributed by atoms with van der Waals surface area (Å²) in [4.78, 5) is 34.0. The van der Waals surface area contributed by atoms with Crippen molar-refractivity contribution in [3.05, 3.63) is 72.6 Å². The summed E-state index contributed by atoms with van der Waals surface area (Å²) in [5, 5.41) is 19.7. The van der Waals surface area contributed by atoms with Crippen LogP contribution in [0.15, 0.2) is 60.9 Å². The second-order valence-electron chi connectivity index (χ2n) is 13.6. The molecule has 0 bridgehead atoms. The highest BCUT2D eigenvalue weighted by atomic mass is 16.5. The molecule has 1 amide bonds. The number of nitrogens with one attached hydrogen (secondary N) is 2. The van der Waals surface area contributed by atoms with Crippen LogP contribution in [0.1, 0.15) is 75.6 Å². The summed E-state index contributed by atoms with van der Waals surface area (Å²) in [5.74, 6) is 2.14. The van der Waals surface area contributed by atoms with Crippen LogP contribution in [-0.4, -0.2) is 90.9 Å². The van der Waals surface area contributed by atoms with Crippen molar-refractivity contribution in [1.29, 1.82) is 0 Å². The molecule has 0 aliphatic carbocycles. The van der Waals surface area contributed by atoms with Crippen LogP contribution in [0.2, 0.25) is 0 Å². The molecule has 10 nitrogen and oxygen atoms in total. The molecule has 0 spiro atoms. The van der Waals surface area contributed by atoms with Crippen molar-refractivity contribution in [3.8, 4) is 33.6 Å². The van der Waals surface area contributed by atoms with Crippen LogP contribution in [-0.2, 0) is 9.53 Å². The molecule has 248 valence electrons. The second-order valence-corrected chi connectivity index (χ2v) is 13.6. The van der Waals surface area contributed by atoms with Crippen molar-refractivity contribution in [1.82, 2.24) is 29.7 Å². The van der Waals surface area contributed by atoms with Gasteiger partial charge in [0.05, 0.1) is 61.2 Å². The number of aliphatic hydroxyl groups excluding tert-OH is 2. The van der Waals surface area contributed by atoms with Crippen LogP contribution in [0.3, 0.4) is 0 Å². The van der Waals surface area contributed by atoms with Crippen molar-refractivity contribution >= 4 is 5.91 Å². The first kappa shape index (κ1) is 31.8. The quantitative estimate of drug-likeness (QED) is 0.191. The van der Waals surface area contributed by atoms with E-state index in [-0.39, 0.29) is 49.4 Å². The number of benzene rings is 2. The number of carbonyl (C=O) groups is 1. The van der Waals surface area contributed by atoms with E-state index in [4.69, 9.17) is 9.72 Å². The Balaban J connectivity index is 1.01. The van der Waals surface area contributed by atoms with Gasteiger partial charge in [0.15, 0.2) is 0 Å². The maximum Gasteiger partial charge on any atom is 0.223 e. The second kappa shape index (κ2) is 13.7. The fraction of sp³-hybridized carbons (Fsp3) is 0.486. The maximum atomic E-state index is 13.5. The van der Waals surface area contributed by atoms with E-state index in [1.807, 2.05) is 17.3 Å². The van der Waals surface area contributed by atoms with Gasteiger partial charge in [-0.15, -0.1) is 0 Å². The molecule has 3 aliphatic heterocycles. The first-order chi connectivity index (χ1) is 22.9. The Morgan fingerprint density at radius 1 is 0.787 bits per heavy atom. The lowest BCUT2D eigenvalue weighted by Crippen LogP contribution is -2.41. The summed E-state index contributed by atoms with van der Waals surface area (Å²) >= 11 is 0. The van der Waals surface area contributed by atoms with Gasteiger partial charge in [-0.1, -0.05) is 48.5 Å². The molecule has 0 radical (unpaired) electrons. The van der Waals surface area contributed by atoms with Gasteiger partial charge in [-0.25, -0.2) is 9.97 Å². The summed E-state index contributed by atoms with van der Waals surface area (Å²) in [6.07, 6.45) is 9.74. The third-order valence-corrected chi connectivity index (χ3v) is 10.7. The monoisotopic (exact) mass is 638 g/mol. The third-order valence-electron chi connectivity index (χ3n) is 10.7. The zero-order valence-corrected chi connectivity index (χ0v) is 27.3. The Morgan fingerprint density at radius 3 is 1.87 bits per heavy atom. The molecule has 4 aromatic rings. The molecule has 7 rings (SSSR count). The van der Waals surface area contributed by atoms with Crippen LogP contribution in [0.25, 0.3) is 33.6 Å². The molecule has 3 saturated heterocycles. The number of rotatable bonds is 9. The van der Waals surface area contributed by atoms with Crippen LogP contribution in [0.4, 0.5) is 0 Å². The Kier molecular flexibility index (Phi) is 9.27. The third kappa shape index (κ3) is 6.52. The van der Waals surface area contributed by atoms with Gasteiger partial charge in [-0.3, -0.25) is 9.69 Å². The van der Waals surface area contributed by atoms with Gasteiger partial charge in [0, 0.05) is 19.1 Å². The van der Waals surface area contributed by atoms with Crippen LogP contribution < -0.4 is 0 Å². The number of ether oxygens (including phenoxy) is 1. The summed E-state index contributed by atoms with van der Waals surface area (Å²) in [6, 6.07) is 17.0. The predicted molar refractivity (Wildman–Crippen MR) is 180 cm³/mol. The van der Waals surface area contributed by atoms with Crippen LogP contribution in [0.5, 0.6) is 0 Å². The Bertz CT molecular complexity index is 1650. The lowest BCUT2D eigenvalue weighted by molar-refractivity contribution is -0.137. The first-order valence-corrected chi connectivity index (χ1v) is 17.1. The van der Waals surface area contributed by atoms with E-state index < -0.39 is 0 Å². The largest absolute Gasteiger partial charge is 0.395 e. The normalized spacial score (nSPS) is 26.7. The summed E-state index contributed by atoms with van der Waals surface area (Å²) < 4.78 is 5.68. The Hall–Kier alpha value is -3.83. The average Bonchev–Trinajstić information content (AvgIpc) is 3.91. The number of hydrogen-bond acceptors (Lipinski definition) is 7. The summed E-state index contributed by atoms with van der Waals surface area (Å²) in [6.45, 7) is 2.92. The van der Waals surface area contributed by atoms with Gasteiger partial charge in [-0.05, 0) is 80.7 Å².